The van der Waals surface area contributed by atoms with Crippen LogP contribution in [0.2, 0.25) is 0 Å². The highest BCUT2D eigenvalue weighted by Crippen LogP contribution is 2.19. The zero-order valence-corrected chi connectivity index (χ0v) is 11.7. The van der Waals surface area contributed by atoms with E-state index < -0.39 is 16.0 Å². The van der Waals surface area contributed by atoms with Gasteiger partial charge in [0, 0.05) is 11.7 Å². The summed E-state index contributed by atoms with van der Waals surface area (Å²) >= 11 is 0. The average molecular weight is 286 g/mol. The number of hydrogen-bond acceptors (Lipinski definition) is 4. The van der Waals surface area contributed by atoms with E-state index in [9.17, 15) is 13.2 Å². The standard InChI is InChI=1S/C12H18N2O4S/c1-3-4-8(2)14-19(17,18)11-6-5-9(13)7-10(11)12(15)16/h5-8,14H,3-4,13H2,1-2H3,(H,15,16). The molecule has 7 heteroatoms. The van der Waals surface area contributed by atoms with Gasteiger partial charge < -0.3 is 10.8 Å². The van der Waals surface area contributed by atoms with Crippen LogP contribution in [0.1, 0.15) is 37.0 Å². The summed E-state index contributed by atoms with van der Waals surface area (Å²) in [5, 5.41) is 9.04. The predicted molar refractivity (Wildman–Crippen MR) is 72.5 cm³/mol. The molecule has 106 valence electrons. The minimum atomic E-state index is -3.86. The molecule has 0 aromatic heterocycles. The number of nitrogen functional groups attached to an aromatic ring is 1. The smallest absolute Gasteiger partial charge is 0.337 e. The molecule has 4 N–H and O–H groups in total. The van der Waals surface area contributed by atoms with Gasteiger partial charge in [-0.05, 0) is 31.5 Å². The third kappa shape index (κ3) is 3.93. The molecule has 1 aromatic rings. The van der Waals surface area contributed by atoms with E-state index in [-0.39, 0.29) is 22.2 Å². The van der Waals surface area contributed by atoms with E-state index >= 15 is 0 Å². The lowest BCUT2D eigenvalue weighted by Gasteiger charge is -2.14. The van der Waals surface area contributed by atoms with Crippen LogP contribution in [0.5, 0.6) is 0 Å². The molecule has 0 saturated carbocycles. The molecule has 0 aliphatic heterocycles. The molecule has 0 aliphatic carbocycles. The van der Waals surface area contributed by atoms with Crippen LogP contribution in [0.4, 0.5) is 5.69 Å². The summed E-state index contributed by atoms with van der Waals surface area (Å²) in [6.45, 7) is 3.68. The van der Waals surface area contributed by atoms with Crippen molar-refractivity contribution in [3.8, 4) is 0 Å². The highest BCUT2D eigenvalue weighted by atomic mass is 32.2. The largest absolute Gasteiger partial charge is 0.478 e. The maximum Gasteiger partial charge on any atom is 0.337 e. The first-order valence-electron chi connectivity index (χ1n) is 5.93. The number of nitrogens with one attached hydrogen (secondary N) is 1. The Hall–Kier alpha value is -1.60. The Morgan fingerprint density at radius 3 is 2.63 bits per heavy atom. The van der Waals surface area contributed by atoms with Crippen molar-refractivity contribution in [2.75, 3.05) is 5.73 Å². The Kier molecular flexibility index (Phi) is 4.90. The molecule has 1 aromatic carbocycles. The maximum absolute atomic E-state index is 12.1. The van der Waals surface area contributed by atoms with Crippen LogP contribution in [0.15, 0.2) is 23.1 Å². The lowest BCUT2D eigenvalue weighted by molar-refractivity contribution is 0.0692. The van der Waals surface area contributed by atoms with Crippen LogP contribution in [0.3, 0.4) is 0 Å². The molecule has 0 aliphatic rings. The highest BCUT2D eigenvalue weighted by Gasteiger charge is 2.23. The van der Waals surface area contributed by atoms with Crippen molar-refractivity contribution >= 4 is 21.7 Å². The molecule has 1 atom stereocenters. The number of carbonyl (C=O) groups is 1. The summed E-state index contributed by atoms with van der Waals surface area (Å²) in [7, 11) is -3.86. The Labute approximate surface area is 112 Å². The number of rotatable bonds is 6. The number of hydrogen-bond donors (Lipinski definition) is 3. The van der Waals surface area contributed by atoms with Crippen LogP contribution < -0.4 is 10.5 Å². The Bertz CT molecular complexity index is 569. The number of carboxylic acids is 1. The van der Waals surface area contributed by atoms with Crippen LogP contribution in [0, 0.1) is 0 Å². The quantitative estimate of drug-likeness (QED) is 0.685. The summed E-state index contributed by atoms with van der Waals surface area (Å²) in [5.74, 6) is -1.32. The van der Waals surface area contributed by atoms with Gasteiger partial charge in [-0.2, -0.15) is 0 Å². The molecule has 0 amide bonds. The topological polar surface area (TPSA) is 109 Å². The van der Waals surface area contributed by atoms with Gasteiger partial charge in [0.05, 0.1) is 10.5 Å². The van der Waals surface area contributed by atoms with Gasteiger partial charge in [0.1, 0.15) is 0 Å². The van der Waals surface area contributed by atoms with Gasteiger partial charge in [-0.3, -0.25) is 0 Å². The molecular weight excluding hydrogens is 268 g/mol. The third-order valence-electron chi connectivity index (χ3n) is 2.60. The van der Waals surface area contributed by atoms with E-state index in [1.165, 1.54) is 12.1 Å². The molecule has 19 heavy (non-hydrogen) atoms. The van der Waals surface area contributed by atoms with Gasteiger partial charge in [0.25, 0.3) is 0 Å². The zero-order chi connectivity index (χ0) is 14.6. The zero-order valence-electron chi connectivity index (χ0n) is 10.9. The Balaban J connectivity index is 3.18. The fourth-order valence-electron chi connectivity index (χ4n) is 1.77. The van der Waals surface area contributed by atoms with Gasteiger partial charge in [0.15, 0.2) is 0 Å². The van der Waals surface area contributed by atoms with Crippen molar-refractivity contribution < 1.29 is 18.3 Å². The van der Waals surface area contributed by atoms with Crippen LogP contribution in [-0.2, 0) is 10.0 Å². The highest BCUT2D eigenvalue weighted by molar-refractivity contribution is 7.89. The van der Waals surface area contributed by atoms with Gasteiger partial charge >= 0.3 is 5.97 Å². The summed E-state index contributed by atoms with van der Waals surface area (Å²) in [5.41, 5.74) is 5.36. The van der Waals surface area contributed by atoms with Gasteiger partial charge in [-0.15, -0.1) is 0 Å². The molecule has 0 fully saturated rings. The molecule has 0 saturated heterocycles. The average Bonchev–Trinajstić information content (AvgIpc) is 2.27. The second-order valence-corrected chi connectivity index (χ2v) is 6.05. The normalized spacial score (nSPS) is 13.2. The molecular formula is C12H18N2O4S. The number of sulfonamides is 1. The first-order chi connectivity index (χ1) is 8.77. The second-order valence-electron chi connectivity index (χ2n) is 4.37. The summed E-state index contributed by atoms with van der Waals surface area (Å²) in [6.07, 6.45) is 1.51. The SMILES string of the molecule is CCCC(C)NS(=O)(=O)c1ccc(N)cc1C(=O)O. The van der Waals surface area contributed by atoms with Crippen LogP contribution >= 0.6 is 0 Å². The van der Waals surface area contributed by atoms with Gasteiger partial charge in [0.2, 0.25) is 10.0 Å². The van der Waals surface area contributed by atoms with E-state index in [2.05, 4.69) is 4.72 Å². The van der Waals surface area contributed by atoms with Crippen molar-refractivity contribution in [2.24, 2.45) is 0 Å². The summed E-state index contributed by atoms with van der Waals surface area (Å²) in [4.78, 5) is 10.8. The van der Waals surface area contributed by atoms with Crippen molar-refractivity contribution in [3.05, 3.63) is 23.8 Å². The Morgan fingerprint density at radius 1 is 1.47 bits per heavy atom. The van der Waals surface area contributed by atoms with Crippen molar-refractivity contribution in [1.29, 1.82) is 0 Å². The minimum absolute atomic E-state index is 0.206. The van der Waals surface area contributed by atoms with Crippen LogP contribution in [-0.4, -0.2) is 25.5 Å². The second kappa shape index (κ2) is 6.03. The van der Waals surface area contributed by atoms with Crippen molar-refractivity contribution in [3.63, 3.8) is 0 Å². The number of nitrogens with two attached hydrogens (primary N) is 1. The van der Waals surface area contributed by atoms with E-state index in [1.54, 1.807) is 6.92 Å². The summed E-state index contributed by atoms with van der Waals surface area (Å²) < 4.78 is 26.7. The van der Waals surface area contributed by atoms with E-state index in [0.29, 0.717) is 6.42 Å². The van der Waals surface area contributed by atoms with Crippen molar-refractivity contribution in [1.82, 2.24) is 4.72 Å². The van der Waals surface area contributed by atoms with Gasteiger partial charge in [-0.1, -0.05) is 13.3 Å². The number of aromatic carboxylic acids is 1. The third-order valence-corrected chi connectivity index (χ3v) is 4.25. The molecule has 0 radical (unpaired) electrons. The molecule has 1 rings (SSSR count). The fraction of sp³-hybridized carbons (Fsp3) is 0.417. The first kappa shape index (κ1) is 15.5. The van der Waals surface area contributed by atoms with E-state index in [4.69, 9.17) is 10.8 Å². The minimum Gasteiger partial charge on any atom is -0.478 e. The van der Waals surface area contributed by atoms with Crippen LogP contribution in [0.25, 0.3) is 0 Å². The maximum atomic E-state index is 12.1. The monoisotopic (exact) mass is 286 g/mol. The number of carboxylic acid groups (broad SMARTS) is 1. The van der Waals surface area contributed by atoms with Crippen molar-refractivity contribution in [2.45, 2.75) is 37.6 Å². The van der Waals surface area contributed by atoms with Gasteiger partial charge in [-0.25, -0.2) is 17.9 Å². The molecule has 0 bridgehead atoms. The lowest BCUT2D eigenvalue weighted by atomic mass is 10.2. The van der Waals surface area contributed by atoms with E-state index in [1.807, 2.05) is 6.92 Å². The number of benzene rings is 1. The molecule has 6 nitrogen and oxygen atoms in total. The molecule has 0 heterocycles. The fourth-order valence-corrected chi connectivity index (χ4v) is 3.23. The number of anilines is 1. The Morgan fingerprint density at radius 2 is 2.11 bits per heavy atom. The predicted octanol–water partition coefficient (Wildman–Crippen LogP) is 1.43. The van der Waals surface area contributed by atoms with E-state index in [0.717, 1.165) is 12.5 Å². The molecule has 1 unspecified atom stereocenters. The molecule has 0 spiro atoms. The first-order valence-corrected chi connectivity index (χ1v) is 7.41. The lowest BCUT2D eigenvalue weighted by Crippen LogP contribution is -2.33. The summed E-state index contributed by atoms with van der Waals surface area (Å²) in [6, 6.07) is 3.46.